The van der Waals surface area contributed by atoms with Crippen molar-refractivity contribution in [1.29, 1.82) is 0 Å². The maximum absolute atomic E-state index is 13.3. The van der Waals surface area contributed by atoms with Crippen molar-refractivity contribution in [3.63, 3.8) is 0 Å². The minimum absolute atomic E-state index is 0.0918. The van der Waals surface area contributed by atoms with E-state index in [9.17, 15) is 4.79 Å². The third-order valence-corrected chi connectivity index (χ3v) is 6.65. The molecule has 0 N–H and O–H groups in total. The number of hydrogen-bond acceptors (Lipinski definition) is 5. The van der Waals surface area contributed by atoms with E-state index >= 15 is 0 Å². The Morgan fingerprint density at radius 3 is 2.45 bits per heavy atom. The second kappa shape index (κ2) is 9.98. The Balaban J connectivity index is 1.48. The fourth-order valence-electron chi connectivity index (χ4n) is 4.18. The van der Waals surface area contributed by atoms with Gasteiger partial charge in [-0.2, -0.15) is 0 Å². The van der Waals surface area contributed by atoms with Gasteiger partial charge in [0, 0.05) is 36.9 Å². The lowest BCUT2D eigenvalue weighted by Crippen LogP contribution is -2.47. The Kier molecular flexibility index (Phi) is 6.89. The molecule has 0 aliphatic carbocycles. The molecule has 1 aliphatic rings. The van der Waals surface area contributed by atoms with Crippen molar-refractivity contribution in [2.24, 2.45) is 0 Å². The summed E-state index contributed by atoms with van der Waals surface area (Å²) in [5.74, 6) is 1.80. The number of carbonyl (C=O) groups is 1. The highest BCUT2D eigenvalue weighted by atomic mass is 32.1. The summed E-state index contributed by atoms with van der Waals surface area (Å²) < 4.78 is 10.9. The number of anilines is 1. The molecule has 1 fully saturated rings. The number of amides is 1. The average molecular weight is 437 g/mol. The first kappa shape index (κ1) is 21.4. The van der Waals surface area contributed by atoms with Crippen molar-refractivity contribution in [3.05, 3.63) is 76.5 Å². The number of thiophene rings is 1. The van der Waals surface area contributed by atoms with Crippen LogP contribution in [0.4, 0.5) is 5.69 Å². The van der Waals surface area contributed by atoms with Gasteiger partial charge in [-0.25, -0.2) is 0 Å². The number of carbonyl (C=O) groups excluding carboxylic acids is 1. The van der Waals surface area contributed by atoms with Crippen molar-refractivity contribution >= 4 is 22.9 Å². The van der Waals surface area contributed by atoms with Crippen molar-refractivity contribution in [1.82, 2.24) is 4.90 Å². The van der Waals surface area contributed by atoms with Gasteiger partial charge in [0.1, 0.15) is 11.5 Å². The van der Waals surface area contributed by atoms with Gasteiger partial charge in [0.05, 0.1) is 19.1 Å². The third kappa shape index (κ3) is 4.92. The predicted molar refractivity (Wildman–Crippen MR) is 125 cm³/mol. The molecule has 0 bridgehead atoms. The monoisotopic (exact) mass is 436 g/mol. The van der Waals surface area contributed by atoms with Crippen molar-refractivity contribution in [2.75, 3.05) is 32.2 Å². The molecular formula is C25H28N2O3S. The van der Waals surface area contributed by atoms with Gasteiger partial charge in [0.15, 0.2) is 0 Å². The van der Waals surface area contributed by atoms with Gasteiger partial charge in [-0.1, -0.05) is 24.3 Å². The molecule has 0 spiro atoms. The van der Waals surface area contributed by atoms with Gasteiger partial charge < -0.3 is 14.4 Å². The second-order valence-corrected chi connectivity index (χ2v) is 8.62. The first-order valence-electron chi connectivity index (χ1n) is 10.5. The SMILES string of the molecule is COc1ccc(OC)c(CN2CCC(N(C(=O)c3cccs3)c3ccccc3)CC2)c1. The molecule has 31 heavy (non-hydrogen) atoms. The smallest absolute Gasteiger partial charge is 0.268 e. The van der Waals surface area contributed by atoms with Gasteiger partial charge in [0.25, 0.3) is 5.91 Å². The van der Waals surface area contributed by atoms with E-state index < -0.39 is 0 Å². The Labute approximate surface area is 187 Å². The quantitative estimate of drug-likeness (QED) is 0.518. The number of ether oxygens (including phenoxy) is 2. The van der Waals surface area contributed by atoms with Crippen molar-refractivity contribution < 1.29 is 14.3 Å². The largest absolute Gasteiger partial charge is 0.497 e. The fourth-order valence-corrected chi connectivity index (χ4v) is 4.84. The zero-order valence-corrected chi connectivity index (χ0v) is 18.8. The fraction of sp³-hybridized carbons (Fsp3) is 0.320. The molecule has 5 nitrogen and oxygen atoms in total. The Bertz CT molecular complexity index is 983. The van der Waals surface area contributed by atoms with Crippen LogP contribution in [-0.4, -0.2) is 44.2 Å². The summed E-state index contributed by atoms with van der Waals surface area (Å²) in [6.07, 6.45) is 1.86. The van der Waals surface area contributed by atoms with Gasteiger partial charge >= 0.3 is 0 Å². The zero-order valence-electron chi connectivity index (χ0n) is 18.0. The molecule has 1 aliphatic heterocycles. The second-order valence-electron chi connectivity index (χ2n) is 7.67. The number of nitrogens with zero attached hydrogens (tertiary/aromatic N) is 2. The Hall–Kier alpha value is -2.83. The molecule has 162 valence electrons. The zero-order chi connectivity index (χ0) is 21.6. The lowest BCUT2D eigenvalue weighted by molar-refractivity contribution is 0.0962. The van der Waals surface area contributed by atoms with Crippen LogP contribution in [0.25, 0.3) is 0 Å². The molecule has 3 aromatic rings. The summed E-state index contributed by atoms with van der Waals surface area (Å²) in [5, 5.41) is 1.96. The standard InChI is InChI=1S/C25H28N2O3S/c1-29-22-10-11-23(30-2)19(17-22)18-26-14-12-21(13-15-26)27(20-7-4-3-5-8-20)25(28)24-9-6-16-31-24/h3-11,16-17,21H,12-15,18H2,1-2H3. The van der Waals surface area contributed by atoms with E-state index in [0.29, 0.717) is 0 Å². The molecule has 4 rings (SSSR count). The van der Waals surface area contributed by atoms with E-state index in [1.54, 1.807) is 14.2 Å². The Morgan fingerprint density at radius 1 is 1.03 bits per heavy atom. The summed E-state index contributed by atoms with van der Waals surface area (Å²) in [6, 6.07) is 20.0. The van der Waals surface area contributed by atoms with E-state index in [2.05, 4.69) is 4.90 Å². The third-order valence-electron chi connectivity index (χ3n) is 5.79. The van der Waals surface area contributed by atoms with Crippen molar-refractivity contribution in [2.45, 2.75) is 25.4 Å². The number of hydrogen-bond donors (Lipinski definition) is 0. The maximum atomic E-state index is 13.3. The van der Waals surface area contributed by atoms with Crippen LogP contribution >= 0.6 is 11.3 Å². The van der Waals surface area contributed by atoms with Gasteiger partial charge in [-0.3, -0.25) is 9.69 Å². The molecule has 2 heterocycles. The topological polar surface area (TPSA) is 42.0 Å². The minimum atomic E-state index is 0.0918. The van der Waals surface area contributed by atoms with E-state index in [1.165, 1.54) is 11.3 Å². The van der Waals surface area contributed by atoms with E-state index in [-0.39, 0.29) is 11.9 Å². The first-order valence-corrected chi connectivity index (χ1v) is 11.4. The summed E-state index contributed by atoms with van der Waals surface area (Å²) in [7, 11) is 3.38. The van der Waals surface area contributed by atoms with Crippen LogP contribution < -0.4 is 14.4 Å². The summed E-state index contributed by atoms with van der Waals surface area (Å²) in [6.45, 7) is 2.65. The number of benzene rings is 2. The number of piperidine rings is 1. The molecule has 1 amide bonds. The molecule has 6 heteroatoms. The predicted octanol–water partition coefficient (Wildman–Crippen LogP) is 5.08. The number of rotatable bonds is 7. The lowest BCUT2D eigenvalue weighted by Gasteiger charge is -2.38. The van der Waals surface area contributed by atoms with E-state index in [1.807, 2.05) is 70.9 Å². The van der Waals surface area contributed by atoms with Crippen LogP contribution in [0.5, 0.6) is 11.5 Å². The van der Waals surface area contributed by atoms with E-state index in [4.69, 9.17) is 9.47 Å². The molecule has 0 radical (unpaired) electrons. The van der Waals surface area contributed by atoms with Gasteiger partial charge in [-0.15, -0.1) is 11.3 Å². The lowest BCUT2D eigenvalue weighted by atomic mass is 10.0. The Morgan fingerprint density at radius 2 is 1.81 bits per heavy atom. The number of methoxy groups -OCH3 is 2. The van der Waals surface area contributed by atoms with Gasteiger partial charge in [-0.05, 0) is 54.6 Å². The van der Waals surface area contributed by atoms with Crippen molar-refractivity contribution in [3.8, 4) is 11.5 Å². The summed E-state index contributed by atoms with van der Waals surface area (Å²) >= 11 is 1.50. The molecule has 1 saturated heterocycles. The molecule has 1 aromatic heterocycles. The van der Waals surface area contributed by atoms with Crippen LogP contribution in [0.3, 0.4) is 0 Å². The van der Waals surface area contributed by atoms with Crippen LogP contribution in [0, 0.1) is 0 Å². The molecule has 2 aromatic carbocycles. The van der Waals surface area contributed by atoms with Gasteiger partial charge in [0.2, 0.25) is 0 Å². The molecule has 0 atom stereocenters. The molecule has 0 saturated carbocycles. The first-order chi connectivity index (χ1) is 15.2. The van der Waals surface area contributed by atoms with Crippen LogP contribution in [0.15, 0.2) is 66.0 Å². The highest BCUT2D eigenvalue weighted by molar-refractivity contribution is 7.12. The highest BCUT2D eigenvalue weighted by Gasteiger charge is 2.30. The van der Waals surface area contributed by atoms with Crippen LogP contribution in [0.2, 0.25) is 0 Å². The summed E-state index contributed by atoms with van der Waals surface area (Å²) in [4.78, 5) is 18.5. The average Bonchev–Trinajstić information content (AvgIpc) is 3.36. The summed E-state index contributed by atoms with van der Waals surface area (Å²) in [5.41, 5.74) is 2.09. The van der Waals surface area contributed by atoms with Crippen LogP contribution in [-0.2, 0) is 6.54 Å². The minimum Gasteiger partial charge on any atom is -0.497 e. The highest BCUT2D eigenvalue weighted by Crippen LogP contribution is 2.30. The van der Waals surface area contributed by atoms with E-state index in [0.717, 1.165) is 60.1 Å². The number of likely N-dealkylation sites (tertiary alicyclic amines) is 1. The molecule has 0 unspecified atom stereocenters. The van der Waals surface area contributed by atoms with Crippen LogP contribution in [0.1, 0.15) is 28.1 Å². The number of para-hydroxylation sites is 1. The maximum Gasteiger partial charge on any atom is 0.268 e. The molecular weight excluding hydrogens is 408 g/mol. The normalized spacial score (nSPS) is 14.9.